The average Bonchev–Trinajstić information content (AvgIpc) is 2.94. The maximum Gasteiger partial charge on any atom is 0.166 e. The van der Waals surface area contributed by atoms with Crippen LogP contribution in [0.4, 0.5) is 11.6 Å². The molecule has 1 N–H and O–H groups in total. The van der Waals surface area contributed by atoms with Crippen molar-refractivity contribution in [3.63, 3.8) is 0 Å². The lowest BCUT2D eigenvalue weighted by Crippen LogP contribution is -2.29. The van der Waals surface area contributed by atoms with Crippen LogP contribution in [0.2, 0.25) is 5.02 Å². The van der Waals surface area contributed by atoms with E-state index in [4.69, 9.17) is 21.6 Å². The summed E-state index contributed by atoms with van der Waals surface area (Å²) < 4.78 is 2.19. The second kappa shape index (κ2) is 6.79. The van der Waals surface area contributed by atoms with Crippen LogP contribution in [0.5, 0.6) is 0 Å². The number of nitrogens with one attached hydrogen (secondary N) is 1. The molecule has 4 aromatic rings. The zero-order valence-corrected chi connectivity index (χ0v) is 16.9. The van der Waals surface area contributed by atoms with Crippen LogP contribution in [0.1, 0.15) is 6.42 Å². The Morgan fingerprint density at radius 2 is 1.86 bits per heavy atom. The number of fused-ring (bicyclic) bond motifs is 5. The van der Waals surface area contributed by atoms with Crippen molar-refractivity contribution in [2.24, 2.45) is 0 Å². The SMILES string of the molecule is CNc1nc2ccc(N3CCCN(C)CC3)nc2n2c1cc1cc(Cl)ccc12. The Balaban J connectivity index is 1.75. The van der Waals surface area contributed by atoms with Gasteiger partial charge in [-0.3, -0.25) is 4.40 Å². The van der Waals surface area contributed by atoms with Crippen LogP contribution in [-0.4, -0.2) is 59.5 Å². The van der Waals surface area contributed by atoms with Crippen LogP contribution < -0.4 is 10.2 Å². The lowest BCUT2D eigenvalue weighted by Gasteiger charge is -2.22. The fourth-order valence-corrected chi connectivity index (χ4v) is 4.27. The second-order valence-corrected chi connectivity index (χ2v) is 7.87. The normalized spacial score (nSPS) is 16.2. The van der Waals surface area contributed by atoms with Crippen LogP contribution in [0, 0.1) is 0 Å². The summed E-state index contributed by atoms with van der Waals surface area (Å²) in [5.74, 6) is 1.85. The molecule has 1 fully saturated rings. The first kappa shape index (κ1) is 17.5. The Morgan fingerprint density at radius 1 is 0.964 bits per heavy atom. The Bertz CT molecular complexity index is 1180. The predicted molar refractivity (Wildman–Crippen MR) is 117 cm³/mol. The summed E-state index contributed by atoms with van der Waals surface area (Å²) in [7, 11) is 4.08. The Morgan fingerprint density at radius 3 is 2.71 bits per heavy atom. The van der Waals surface area contributed by atoms with Crippen LogP contribution in [0.3, 0.4) is 0 Å². The number of rotatable bonds is 2. The van der Waals surface area contributed by atoms with Crippen molar-refractivity contribution in [1.82, 2.24) is 19.3 Å². The van der Waals surface area contributed by atoms with Gasteiger partial charge < -0.3 is 15.1 Å². The summed E-state index contributed by atoms with van der Waals surface area (Å²) >= 11 is 6.23. The summed E-state index contributed by atoms with van der Waals surface area (Å²) in [4.78, 5) is 14.6. The first-order valence-electron chi connectivity index (χ1n) is 9.67. The summed E-state index contributed by atoms with van der Waals surface area (Å²) in [5, 5.41) is 5.04. The zero-order valence-electron chi connectivity index (χ0n) is 16.1. The topological polar surface area (TPSA) is 48.7 Å². The molecule has 1 saturated heterocycles. The molecule has 4 heterocycles. The van der Waals surface area contributed by atoms with E-state index < -0.39 is 0 Å². The van der Waals surface area contributed by atoms with Crippen LogP contribution in [0.25, 0.3) is 27.6 Å². The quantitative estimate of drug-likeness (QED) is 0.559. The van der Waals surface area contributed by atoms with E-state index in [2.05, 4.69) is 50.8 Å². The van der Waals surface area contributed by atoms with Crippen molar-refractivity contribution in [2.45, 2.75) is 6.42 Å². The van der Waals surface area contributed by atoms with Gasteiger partial charge in [-0.05, 0) is 56.4 Å². The van der Waals surface area contributed by atoms with Gasteiger partial charge in [-0.15, -0.1) is 0 Å². The molecule has 0 atom stereocenters. The Labute approximate surface area is 168 Å². The molecule has 6 nitrogen and oxygen atoms in total. The lowest BCUT2D eigenvalue weighted by atomic mass is 10.2. The van der Waals surface area contributed by atoms with E-state index in [0.29, 0.717) is 0 Å². The van der Waals surface area contributed by atoms with Crippen molar-refractivity contribution in [1.29, 1.82) is 0 Å². The van der Waals surface area contributed by atoms with Gasteiger partial charge in [0.05, 0.1) is 11.0 Å². The highest BCUT2D eigenvalue weighted by Crippen LogP contribution is 2.31. The van der Waals surface area contributed by atoms with Crippen molar-refractivity contribution in [2.75, 3.05) is 50.5 Å². The third kappa shape index (κ3) is 2.84. The molecule has 3 aromatic heterocycles. The monoisotopic (exact) mass is 394 g/mol. The Kier molecular flexibility index (Phi) is 4.25. The molecular formula is C21H23ClN6. The Hall–Kier alpha value is -2.57. The molecule has 28 heavy (non-hydrogen) atoms. The molecule has 5 rings (SSSR count). The molecule has 1 aliphatic heterocycles. The number of nitrogens with zero attached hydrogens (tertiary/aromatic N) is 5. The summed E-state index contributed by atoms with van der Waals surface area (Å²) in [6.45, 7) is 4.19. The number of hydrogen-bond acceptors (Lipinski definition) is 5. The standard InChI is InChI=1S/C21H23ClN6/c1-23-20-18-13-14-12-15(22)4-6-17(14)28(18)21-16(24-20)5-7-19(25-21)27-9-3-8-26(2)10-11-27/h4-7,12-13H,3,8-11H2,1-2H3,(H,23,24). The third-order valence-corrected chi connectivity index (χ3v) is 5.81. The predicted octanol–water partition coefficient (Wildman–Crippen LogP) is 3.87. The van der Waals surface area contributed by atoms with Gasteiger partial charge in [-0.1, -0.05) is 11.6 Å². The maximum absolute atomic E-state index is 6.23. The highest BCUT2D eigenvalue weighted by Gasteiger charge is 2.17. The van der Waals surface area contributed by atoms with Gasteiger partial charge in [0.2, 0.25) is 0 Å². The highest BCUT2D eigenvalue weighted by molar-refractivity contribution is 6.31. The zero-order chi connectivity index (χ0) is 19.3. The second-order valence-electron chi connectivity index (χ2n) is 7.43. The number of aromatic nitrogens is 3. The molecule has 1 aliphatic rings. The minimum Gasteiger partial charge on any atom is -0.371 e. The summed E-state index contributed by atoms with van der Waals surface area (Å²) in [5.41, 5.74) is 3.84. The molecule has 1 aromatic carbocycles. The average molecular weight is 395 g/mol. The minimum absolute atomic E-state index is 0.731. The highest BCUT2D eigenvalue weighted by atomic mass is 35.5. The molecular weight excluding hydrogens is 372 g/mol. The van der Waals surface area contributed by atoms with E-state index >= 15 is 0 Å². The van der Waals surface area contributed by atoms with Crippen molar-refractivity contribution in [3.05, 3.63) is 41.4 Å². The third-order valence-electron chi connectivity index (χ3n) is 5.57. The number of halogens is 1. The fourth-order valence-electron chi connectivity index (χ4n) is 4.08. The van der Waals surface area contributed by atoms with Gasteiger partial charge >= 0.3 is 0 Å². The summed E-state index contributed by atoms with van der Waals surface area (Å²) in [6.07, 6.45) is 1.15. The number of benzene rings is 1. The van der Waals surface area contributed by atoms with Crippen LogP contribution >= 0.6 is 11.6 Å². The van der Waals surface area contributed by atoms with Gasteiger partial charge in [-0.25, -0.2) is 9.97 Å². The number of anilines is 2. The molecule has 0 unspecified atom stereocenters. The molecule has 0 spiro atoms. The number of pyridine rings is 1. The van der Waals surface area contributed by atoms with E-state index in [9.17, 15) is 0 Å². The molecule has 144 valence electrons. The maximum atomic E-state index is 6.23. The number of hydrogen-bond donors (Lipinski definition) is 1. The molecule has 0 bridgehead atoms. The molecule has 7 heteroatoms. The van der Waals surface area contributed by atoms with Gasteiger partial charge in [0.1, 0.15) is 11.3 Å². The molecule has 0 aliphatic carbocycles. The van der Waals surface area contributed by atoms with Crippen molar-refractivity contribution < 1.29 is 0 Å². The largest absolute Gasteiger partial charge is 0.371 e. The first-order chi connectivity index (χ1) is 13.6. The van der Waals surface area contributed by atoms with E-state index in [1.165, 1.54) is 0 Å². The smallest absolute Gasteiger partial charge is 0.166 e. The lowest BCUT2D eigenvalue weighted by molar-refractivity contribution is 0.360. The fraction of sp³-hybridized carbons (Fsp3) is 0.333. The summed E-state index contributed by atoms with van der Waals surface area (Å²) in [6, 6.07) is 12.3. The minimum atomic E-state index is 0.731. The van der Waals surface area contributed by atoms with Crippen LogP contribution in [0.15, 0.2) is 36.4 Å². The van der Waals surface area contributed by atoms with E-state index in [1.807, 2.05) is 19.2 Å². The van der Waals surface area contributed by atoms with Gasteiger partial charge in [0.25, 0.3) is 0 Å². The van der Waals surface area contributed by atoms with Crippen molar-refractivity contribution in [3.8, 4) is 0 Å². The van der Waals surface area contributed by atoms with Crippen molar-refractivity contribution >= 4 is 50.8 Å². The van der Waals surface area contributed by atoms with Gasteiger partial charge in [0.15, 0.2) is 11.5 Å². The van der Waals surface area contributed by atoms with Gasteiger partial charge in [0, 0.05) is 37.1 Å². The molecule has 0 saturated carbocycles. The van der Waals surface area contributed by atoms with E-state index in [0.717, 1.165) is 76.8 Å². The van der Waals surface area contributed by atoms with E-state index in [-0.39, 0.29) is 0 Å². The van der Waals surface area contributed by atoms with Gasteiger partial charge in [-0.2, -0.15) is 0 Å². The van der Waals surface area contributed by atoms with Crippen LogP contribution in [-0.2, 0) is 0 Å². The molecule has 0 radical (unpaired) electrons. The number of likely N-dealkylation sites (N-methyl/N-ethyl adjacent to an activating group) is 1. The first-order valence-corrected chi connectivity index (χ1v) is 10.0. The molecule has 0 amide bonds. The van der Waals surface area contributed by atoms with E-state index in [1.54, 1.807) is 0 Å².